The third-order valence-corrected chi connectivity index (χ3v) is 4.39. The van der Waals surface area contributed by atoms with E-state index < -0.39 is 22.0 Å². The van der Waals surface area contributed by atoms with Crippen LogP contribution in [-0.2, 0) is 14.8 Å². The summed E-state index contributed by atoms with van der Waals surface area (Å²) in [6.45, 7) is 2.40. The number of nitriles is 1. The molecule has 1 heterocycles. The fraction of sp³-hybridized carbons (Fsp3) is 0.417. The lowest BCUT2D eigenvalue weighted by atomic mass is 10.1. The van der Waals surface area contributed by atoms with E-state index >= 15 is 0 Å². The summed E-state index contributed by atoms with van der Waals surface area (Å²) >= 11 is 0. The van der Waals surface area contributed by atoms with Gasteiger partial charge in [0.2, 0.25) is 10.0 Å². The zero-order chi connectivity index (χ0) is 13.2. The summed E-state index contributed by atoms with van der Waals surface area (Å²) in [5.74, 6) is -0.426. The second-order valence-electron chi connectivity index (χ2n) is 4.31. The van der Waals surface area contributed by atoms with E-state index in [1.165, 1.54) is 0 Å². The van der Waals surface area contributed by atoms with Crippen LogP contribution in [-0.4, -0.2) is 27.7 Å². The molecule has 0 aromatic heterocycles. The van der Waals surface area contributed by atoms with Gasteiger partial charge in [-0.25, -0.2) is 13.1 Å². The molecule has 1 aliphatic heterocycles. The molecule has 96 valence electrons. The van der Waals surface area contributed by atoms with Gasteiger partial charge < -0.3 is 4.74 Å². The molecule has 2 rings (SSSR count). The van der Waals surface area contributed by atoms with Crippen molar-refractivity contribution in [2.75, 3.05) is 13.2 Å². The number of hydrogen-bond donors (Lipinski definition) is 1. The lowest BCUT2D eigenvalue weighted by Gasteiger charge is -2.14. The number of hydrogen-bond acceptors (Lipinski definition) is 4. The summed E-state index contributed by atoms with van der Waals surface area (Å²) in [4.78, 5) is 0.205. The van der Waals surface area contributed by atoms with Crippen molar-refractivity contribution in [3.63, 3.8) is 0 Å². The molecular formula is C12H14N2O3S. The summed E-state index contributed by atoms with van der Waals surface area (Å²) in [6, 6.07) is 8.15. The van der Waals surface area contributed by atoms with Gasteiger partial charge >= 0.3 is 0 Å². The van der Waals surface area contributed by atoms with Gasteiger partial charge in [-0.05, 0) is 19.1 Å². The summed E-state index contributed by atoms with van der Waals surface area (Å²) in [5.41, 5.74) is 0.994. The van der Waals surface area contributed by atoms with Crippen molar-refractivity contribution in [1.29, 1.82) is 5.26 Å². The molecule has 6 heteroatoms. The second-order valence-corrected chi connectivity index (χ2v) is 6.03. The fourth-order valence-electron chi connectivity index (χ4n) is 1.78. The van der Waals surface area contributed by atoms with Crippen molar-refractivity contribution in [2.45, 2.75) is 17.9 Å². The van der Waals surface area contributed by atoms with Gasteiger partial charge in [-0.3, -0.25) is 0 Å². The molecule has 18 heavy (non-hydrogen) atoms. The van der Waals surface area contributed by atoms with Crippen LogP contribution < -0.4 is 4.72 Å². The van der Waals surface area contributed by atoms with Crippen molar-refractivity contribution in [3.8, 4) is 6.07 Å². The van der Waals surface area contributed by atoms with E-state index in [2.05, 4.69) is 4.72 Å². The van der Waals surface area contributed by atoms with Gasteiger partial charge in [0.25, 0.3) is 0 Å². The van der Waals surface area contributed by atoms with E-state index in [0.717, 1.165) is 5.56 Å². The first-order valence-electron chi connectivity index (χ1n) is 5.59. The average molecular weight is 266 g/mol. The van der Waals surface area contributed by atoms with Gasteiger partial charge in [0.15, 0.2) is 0 Å². The van der Waals surface area contributed by atoms with E-state index in [-0.39, 0.29) is 18.1 Å². The maximum Gasteiger partial charge on any atom is 0.240 e. The highest BCUT2D eigenvalue weighted by molar-refractivity contribution is 7.89. The van der Waals surface area contributed by atoms with Crippen LogP contribution >= 0.6 is 0 Å². The van der Waals surface area contributed by atoms with Gasteiger partial charge in [0.1, 0.15) is 0 Å². The minimum Gasteiger partial charge on any atom is -0.378 e. The summed E-state index contributed by atoms with van der Waals surface area (Å²) in [5, 5.41) is 8.88. The molecule has 1 aliphatic rings. The molecule has 2 atom stereocenters. The Morgan fingerprint density at radius 2 is 2.00 bits per heavy atom. The largest absolute Gasteiger partial charge is 0.378 e. The van der Waals surface area contributed by atoms with Crippen LogP contribution in [0, 0.1) is 24.2 Å². The van der Waals surface area contributed by atoms with Crippen molar-refractivity contribution >= 4 is 10.0 Å². The van der Waals surface area contributed by atoms with E-state index in [1.54, 1.807) is 24.3 Å². The van der Waals surface area contributed by atoms with Gasteiger partial charge in [0.05, 0.1) is 36.1 Å². The Bertz CT molecular complexity index is 560. The Morgan fingerprint density at radius 3 is 2.61 bits per heavy atom. The highest BCUT2D eigenvalue weighted by Crippen LogP contribution is 2.17. The highest BCUT2D eigenvalue weighted by Gasteiger charge is 2.32. The Kier molecular flexibility index (Phi) is 3.66. The predicted molar refractivity (Wildman–Crippen MR) is 65.2 cm³/mol. The van der Waals surface area contributed by atoms with Crippen LogP contribution in [0.1, 0.15) is 5.56 Å². The summed E-state index contributed by atoms with van der Waals surface area (Å²) in [7, 11) is -3.58. The van der Waals surface area contributed by atoms with E-state index in [4.69, 9.17) is 10.00 Å². The average Bonchev–Trinajstić information content (AvgIpc) is 2.76. The number of nitrogens with one attached hydrogen (secondary N) is 1. The monoisotopic (exact) mass is 266 g/mol. The van der Waals surface area contributed by atoms with Crippen LogP contribution in [0.2, 0.25) is 0 Å². The molecule has 0 spiro atoms. The van der Waals surface area contributed by atoms with Crippen molar-refractivity contribution in [3.05, 3.63) is 29.8 Å². The molecular weight excluding hydrogens is 252 g/mol. The predicted octanol–water partition coefficient (Wildman–Crippen LogP) is 0.812. The van der Waals surface area contributed by atoms with Crippen LogP contribution in [0.5, 0.6) is 0 Å². The van der Waals surface area contributed by atoms with E-state index in [0.29, 0.717) is 0 Å². The SMILES string of the molecule is Cc1ccc(S(=O)(=O)N[C@@H]2COC[C@H]2C#N)cc1. The maximum absolute atomic E-state index is 12.1. The first-order valence-corrected chi connectivity index (χ1v) is 7.07. The van der Waals surface area contributed by atoms with Gasteiger partial charge in [-0.2, -0.15) is 5.26 Å². The highest BCUT2D eigenvalue weighted by atomic mass is 32.2. The Balaban J connectivity index is 2.17. The molecule has 0 saturated carbocycles. The van der Waals surface area contributed by atoms with E-state index in [9.17, 15) is 8.42 Å². The second kappa shape index (κ2) is 5.06. The first kappa shape index (κ1) is 13.0. The Labute approximate surface area is 106 Å². The summed E-state index contributed by atoms with van der Waals surface area (Å²) in [6.07, 6.45) is 0. The minimum atomic E-state index is -3.58. The molecule has 1 aromatic rings. The van der Waals surface area contributed by atoms with E-state index in [1.807, 2.05) is 13.0 Å². The molecule has 0 amide bonds. The summed E-state index contributed by atoms with van der Waals surface area (Å²) < 4.78 is 31.8. The molecule has 5 nitrogen and oxygen atoms in total. The molecule has 1 N–H and O–H groups in total. The van der Waals surface area contributed by atoms with Crippen LogP contribution in [0.4, 0.5) is 0 Å². The number of aryl methyl sites for hydroxylation is 1. The number of nitrogens with zero attached hydrogens (tertiary/aromatic N) is 1. The quantitative estimate of drug-likeness (QED) is 0.878. The topological polar surface area (TPSA) is 79.2 Å². The minimum absolute atomic E-state index is 0.205. The van der Waals surface area contributed by atoms with Crippen LogP contribution in [0.15, 0.2) is 29.2 Å². The van der Waals surface area contributed by atoms with Gasteiger partial charge in [-0.15, -0.1) is 0 Å². The first-order chi connectivity index (χ1) is 8.53. The number of ether oxygens (including phenoxy) is 1. The molecule has 0 radical (unpaired) electrons. The lowest BCUT2D eigenvalue weighted by molar-refractivity contribution is 0.188. The van der Waals surface area contributed by atoms with Crippen molar-refractivity contribution in [1.82, 2.24) is 4.72 Å². The third-order valence-electron chi connectivity index (χ3n) is 2.88. The third kappa shape index (κ3) is 2.70. The number of benzene rings is 1. The van der Waals surface area contributed by atoms with Crippen LogP contribution in [0.3, 0.4) is 0 Å². The lowest BCUT2D eigenvalue weighted by Crippen LogP contribution is -2.39. The molecule has 0 unspecified atom stereocenters. The van der Waals surface area contributed by atoms with Gasteiger partial charge in [0, 0.05) is 0 Å². The molecule has 1 aromatic carbocycles. The molecule has 0 bridgehead atoms. The normalized spacial score (nSPS) is 23.8. The smallest absolute Gasteiger partial charge is 0.240 e. The van der Waals surface area contributed by atoms with Gasteiger partial charge in [-0.1, -0.05) is 17.7 Å². The fourth-order valence-corrected chi connectivity index (χ4v) is 3.04. The Morgan fingerprint density at radius 1 is 1.33 bits per heavy atom. The van der Waals surface area contributed by atoms with Crippen LogP contribution in [0.25, 0.3) is 0 Å². The van der Waals surface area contributed by atoms with Crippen molar-refractivity contribution < 1.29 is 13.2 Å². The Hall–Kier alpha value is -1.42. The molecule has 0 aliphatic carbocycles. The zero-order valence-electron chi connectivity index (χ0n) is 9.96. The maximum atomic E-state index is 12.1. The molecule has 1 saturated heterocycles. The molecule has 1 fully saturated rings. The number of sulfonamides is 1. The number of rotatable bonds is 3. The zero-order valence-corrected chi connectivity index (χ0v) is 10.8. The van der Waals surface area contributed by atoms with Crippen molar-refractivity contribution in [2.24, 2.45) is 5.92 Å². The standard InChI is InChI=1S/C12H14N2O3S/c1-9-2-4-11(5-3-9)18(15,16)14-12-8-17-7-10(12)6-13/h2-5,10,12,14H,7-8H2,1H3/t10-,12-/m1/s1.